The van der Waals surface area contributed by atoms with E-state index in [1.807, 2.05) is 0 Å². The van der Waals surface area contributed by atoms with Crippen molar-refractivity contribution in [3.63, 3.8) is 0 Å². The molecule has 0 radical (unpaired) electrons. The van der Waals surface area contributed by atoms with Crippen LogP contribution >= 0.6 is 15.9 Å². The number of carboxylic acids is 1. The molecule has 0 saturated carbocycles. The van der Waals surface area contributed by atoms with E-state index in [2.05, 4.69) is 15.9 Å². The summed E-state index contributed by atoms with van der Waals surface area (Å²) in [5.74, 6) is -2.31. The normalized spacial score (nSPS) is 10.8. The number of rotatable bonds is 2. The maximum absolute atomic E-state index is 13.2. The molecule has 1 aromatic heterocycles. The highest BCUT2D eigenvalue weighted by atomic mass is 79.9. The molecule has 6 heteroatoms. The third-order valence-corrected chi connectivity index (χ3v) is 3.14. The predicted octanol–water partition coefficient (Wildman–Crippen LogP) is 2.96. The number of aromatic carboxylic acids is 1. The number of carbonyl (C=O) groups is 1. The maximum atomic E-state index is 13.2. The number of benzene rings is 1. The van der Waals surface area contributed by atoms with E-state index in [0.717, 1.165) is 12.1 Å². The van der Waals surface area contributed by atoms with Gasteiger partial charge in [-0.15, -0.1) is 0 Å². The first-order chi connectivity index (χ1) is 8.45. The van der Waals surface area contributed by atoms with Crippen LogP contribution < -0.4 is 5.43 Å². The van der Waals surface area contributed by atoms with Crippen molar-refractivity contribution in [2.45, 2.75) is 13.3 Å². The maximum Gasteiger partial charge on any atom is 0.372 e. The topological polar surface area (TPSA) is 67.5 Å². The van der Waals surface area contributed by atoms with Gasteiger partial charge in [0.1, 0.15) is 5.82 Å². The molecule has 0 fully saturated rings. The summed E-state index contributed by atoms with van der Waals surface area (Å²) in [6, 6.07) is 2.15. The second-order valence-electron chi connectivity index (χ2n) is 3.66. The van der Waals surface area contributed by atoms with Crippen LogP contribution in [0.3, 0.4) is 0 Å². The molecule has 0 amide bonds. The molecular formula is C12H8BrFO4. The van der Waals surface area contributed by atoms with Crippen LogP contribution in [0.4, 0.5) is 4.39 Å². The van der Waals surface area contributed by atoms with Gasteiger partial charge in [-0.05, 0) is 34.5 Å². The van der Waals surface area contributed by atoms with Crippen LogP contribution in [0.1, 0.15) is 23.0 Å². The molecule has 1 N–H and O–H groups in total. The first-order valence-corrected chi connectivity index (χ1v) is 5.93. The molecule has 2 aromatic rings. The van der Waals surface area contributed by atoms with E-state index in [1.165, 1.54) is 0 Å². The molecule has 2 rings (SSSR count). The van der Waals surface area contributed by atoms with Gasteiger partial charge in [0.2, 0.25) is 5.76 Å². The monoisotopic (exact) mass is 314 g/mol. The van der Waals surface area contributed by atoms with E-state index in [0.29, 0.717) is 0 Å². The average Bonchev–Trinajstić information content (AvgIpc) is 2.29. The smallest absolute Gasteiger partial charge is 0.372 e. The molecule has 18 heavy (non-hydrogen) atoms. The van der Waals surface area contributed by atoms with Gasteiger partial charge in [-0.3, -0.25) is 4.79 Å². The average molecular weight is 315 g/mol. The first-order valence-electron chi connectivity index (χ1n) is 5.13. The molecule has 1 aromatic carbocycles. The SMILES string of the molecule is CCc1c(C(=O)O)oc2c(Br)cc(F)cc2c1=O. The third-order valence-electron chi connectivity index (χ3n) is 2.55. The molecule has 0 atom stereocenters. The second-order valence-corrected chi connectivity index (χ2v) is 4.52. The Balaban J connectivity index is 3.00. The minimum atomic E-state index is -1.32. The molecule has 4 nitrogen and oxygen atoms in total. The molecule has 0 bridgehead atoms. The summed E-state index contributed by atoms with van der Waals surface area (Å²) < 4.78 is 18.7. The van der Waals surface area contributed by atoms with Crippen LogP contribution in [-0.2, 0) is 6.42 Å². The number of carboxylic acid groups (broad SMARTS) is 1. The Bertz CT molecular complexity index is 705. The predicted molar refractivity (Wildman–Crippen MR) is 66.5 cm³/mol. The van der Waals surface area contributed by atoms with Gasteiger partial charge in [-0.1, -0.05) is 6.92 Å². The van der Waals surface area contributed by atoms with Crippen molar-refractivity contribution in [2.24, 2.45) is 0 Å². The minimum absolute atomic E-state index is 0.0312. The van der Waals surface area contributed by atoms with Gasteiger partial charge in [0.05, 0.1) is 15.4 Å². The van der Waals surface area contributed by atoms with E-state index in [4.69, 9.17) is 9.52 Å². The van der Waals surface area contributed by atoms with Gasteiger partial charge in [-0.25, -0.2) is 9.18 Å². The standard InChI is InChI=1S/C12H8BrFO4/c1-2-6-9(15)7-3-5(14)4-8(13)10(7)18-11(6)12(16)17/h3-4H,2H2,1H3,(H,16,17). The molecule has 0 aliphatic heterocycles. The lowest BCUT2D eigenvalue weighted by Gasteiger charge is -2.06. The second kappa shape index (κ2) is 4.53. The Morgan fingerprint density at radius 3 is 2.72 bits per heavy atom. The Morgan fingerprint density at radius 1 is 1.50 bits per heavy atom. The zero-order chi connectivity index (χ0) is 13.4. The highest BCUT2D eigenvalue weighted by molar-refractivity contribution is 9.10. The molecule has 0 saturated heterocycles. The quantitative estimate of drug-likeness (QED) is 0.925. The van der Waals surface area contributed by atoms with E-state index >= 15 is 0 Å². The Kier molecular flexibility index (Phi) is 3.21. The summed E-state index contributed by atoms with van der Waals surface area (Å²) in [5, 5.41) is 9.04. The van der Waals surface area contributed by atoms with Gasteiger partial charge in [0.25, 0.3) is 0 Å². The summed E-state index contributed by atoms with van der Waals surface area (Å²) in [5.41, 5.74) is -0.445. The summed E-state index contributed by atoms with van der Waals surface area (Å²) in [4.78, 5) is 23.1. The fourth-order valence-corrected chi connectivity index (χ4v) is 2.27. The van der Waals surface area contributed by atoms with Crippen molar-refractivity contribution in [3.8, 4) is 0 Å². The van der Waals surface area contributed by atoms with Crippen molar-refractivity contribution in [2.75, 3.05) is 0 Å². The Labute approximate surface area is 109 Å². The molecule has 0 aliphatic carbocycles. The van der Waals surface area contributed by atoms with Crippen LogP contribution in [0.2, 0.25) is 0 Å². The van der Waals surface area contributed by atoms with Crippen LogP contribution in [0.15, 0.2) is 25.8 Å². The third kappa shape index (κ3) is 1.92. The summed E-state index contributed by atoms with van der Waals surface area (Å²) in [7, 11) is 0. The lowest BCUT2D eigenvalue weighted by atomic mass is 10.1. The zero-order valence-corrected chi connectivity index (χ0v) is 10.9. The molecule has 0 unspecified atom stereocenters. The molecule has 1 heterocycles. The lowest BCUT2D eigenvalue weighted by Crippen LogP contribution is -2.15. The summed E-state index contributed by atoms with van der Waals surface area (Å²) in [6.07, 6.45) is 0.202. The number of fused-ring (bicyclic) bond motifs is 1. The van der Waals surface area contributed by atoms with Gasteiger partial charge < -0.3 is 9.52 Å². The fourth-order valence-electron chi connectivity index (χ4n) is 1.76. The van der Waals surface area contributed by atoms with Crippen molar-refractivity contribution in [1.29, 1.82) is 0 Å². The lowest BCUT2D eigenvalue weighted by molar-refractivity contribution is 0.0661. The van der Waals surface area contributed by atoms with Crippen molar-refractivity contribution in [3.05, 3.63) is 44.0 Å². The van der Waals surface area contributed by atoms with E-state index < -0.39 is 23.0 Å². The van der Waals surface area contributed by atoms with Crippen molar-refractivity contribution < 1.29 is 18.7 Å². The first kappa shape index (κ1) is 12.8. The molecule has 0 spiro atoms. The van der Waals surface area contributed by atoms with Crippen LogP contribution in [0, 0.1) is 5.82 Å². The highest BCUT2D eigenvalue weighted by Gasteiger charge is 2.20. The van der Waals surface area contributed by atoms with Gasteiger partial charge in [0, 0.05) is 0 Å². The Hall–Kier alpha value is -1.69. The van der Waals surface area contributed by atoms with E-state index in [-0.39, 0.29) is 27.4 Å². The van der Waals surface area contributed by atoms with Crippen LogP contribution in [-0.4, -0.2) is 11.1 Å². The zero-order valence-electron chi connectivity index (χ0n) is 9.29. The van der Waals surface area contributed by atoms with Gasteiger partial charge in [0.15, 0.2) is 11.0 Å². The molecule has 94 valence electrons. The number of halogens is 2. The number of hydrogen-bond acceptors (Lipinski definition) is 3. The van der Waals surface area contributed by atoms with Crippen LogP contribution in [0.5, 0.6) is 0 Å². The summed E-state index contributed by atoms with van der Waals surface area (Å²) in [6.45, 7) is 1.64. The minimum Gasteiger partial charge on any atom is -0.475 e. The Morgan fingerprint density at radius 2 is 2.17 bits per heavy atom. The highest BCUT2D eigenvalue weighted by Crippen LogP contribution is 2.25. The van der Waals surface area contributed by atoms with Gasteiger partial charge >= 0.3 is 5.97 Å². The molecular weight excluding hydrogens is 307 g/mol. The van der Waals surface area contributed by atoms with E-state index in [1.54, 1.807) is 6.92 Å². The fraction of sp³-hybridized carbons (Fsp3) is 0.167. The van der Waals surface area contributed by atoms with E-state index in [9.17, 15) is 14.0 Å². The van der Waals surface area contributed by atoms with Crippen molar-refractivity contribution in [1.82, 2.24) is 0 Å². The van der Waals surface area contributed by atoms with Gasteiger partial charge in [-0.2, -0.15) is 0 Å². The summed E-state index contributed by atoms with van der Waals surface area (Å²) >= 11 is 3.05. The van der Waals surface area contributed by atoms with Crippen LogP contribution in [0.25, 0.3) is 11.0 Å². The largest absolute Gasteiger partial charge is 0.475 e. The van der Waals surface area contributed by atoms with Crippen molar-refractivity contribution >= 4 is 32.9 Å². The number of hydrogen-bond donors (Lipinski definition) is 1. The molecule has 0 aliphatic rings.